The highest BCUT2D eigenvalue weighted by atomic mass is 16.5. The lowest BCUT2D eigenvalue weighted by Gasteiger charge is -2.08. The molecule has 7 rings (SSSR count). The Labute approximate surface area is 224 Å². The fraction of sp³-hybridized carbons (Fsp3) is 0.0625. The molecule has 0 aliphatic rings. The topological polar surface area (TPSA) is 92.4 Å². The van der Waals surface area contributed by atoms with Gasteiger partial charge in [-0.3, -0.25) is 10.1 Å². The van der Waals surface area contributed by atoms with Gasteiger partial charge in [-0.2, -0.15) is 5.10 Å². The van der Waals surface area contributed by atoms with Crippen LogP contribution in [0.3, 0.4) is 0 Å². The second-order valence-electron chi connectivity index (χ2n) is 9.51. The molecule has 7 aromatic rings. The standard InChI is InChI=1S/C32H24N6O/c1-20-7-5-10-22(15-20)25-11-6-12-27-29(25)36-32(35-27)31-30-28(37-38-31)14-13-26(34-30)23-16-24(18-33-17-23)39-19-21-8-3-2-4-9-21/h2-18H,19H2,1H3,(H,35,36)(H,37,38). The summed E-state index contributed by atoms with van der Waals surface area (Å²) in [5.41, 5.74) is 10.2. The lowest BCUT2D eigenvalue weighted by atomic mass is 10.0. The molecule has 0 radical (unpaired) electrons. The number of aromatic nitrogens is 6. The zero-order chi connectivity index (χ0) is 26.2. The Hall–Kier alpha value is -5.30. The minimum Gasteiger partial charge on any atom is -0.487 e. The van der Waals surface area contributed by atoms with Gasteiger partial charge in [-0.1, -0.05) is 72.3 Å². The van der Waals surface area contributed by atoms with Gasteiger partial charge < -0.3 is 9.72 Å². The number of fused-ring (bicyclic) bond motifs is 2. The average Bonchev–Trinajstić information content (AvgIpc) is 3.60. The van der Waals surface area contributed by atoms with Crippen molar-refractivity contribution in [3.05, 3.63) is 115 Å². The van der Waals surface area contributed by atoms with Crippen LogP contribution in [0.15, 0.2) is 103 Å². The van der Waals surface area contributed by atoms with Crippen LogP contribution in [0.4, 0.5) is 0 Å². The summed E-state index contributed by atoms with van der Waals surface area (Å²) in [6, 6.07) is 30.6. The number of rotatable bonds is 6. The number of aromatic amines is 2. The molecule has 4 aromatic heterocycles. The van der Waals surface area contributed by atoms with E-state index in [0.29, 0.717) is 23.9 Å². The molecule has 0 saturated carbocycles. The fourth-order valence-corrected chi connectivity index (χ4v) is 4.79. The molecule has 0 saturated heterocycles. The number of hydrogen-bond donors (Lipinski definition) is 2. The smallest absolute Gasteiger partial charge is 0.161 e. The van der Waals surface area contributed by atoms with Crippen molar-refractivity contribution >= 4 is 22.1 Å². The van der Waals surface area contributed by atoms with Crippen molar-refractivity contribution in [1.82, 2.24) is 30.1 Å². The maximum absolute atomic E-state index is 5.98. The highest BCUT2D eigenvalue weighted by Gasteiger charge is 2.17. The van der Waals surface area contributed by atoms with E-state index in [-0.39, 0.29) is 0 Å². The molecule has 7 nitrogen and oxygen atoms in total. The van der Waals surface area contributed by atoms with Crippen LogP contribution in [0.2, 0.25) is 0 Å². The molecular formula is C32H24N6O. The first-order valence-electron chi connectivity index (χ1n) is 12.7. The van der Waals surface area contributed by atoms with E-state index >= 15 is 0 Å². The van der Waals surface area contributed by atoms with Gasteiger partial charge in [-0.05, 0) is 42.3 Å². The van der Waals surface area contributed by atoms with Gasteiger partial charge in [0, 0.05) is 17.3 Å². The molecule has 0 aliphatic carbocycles. The first kappa shape index (κ1) is 22.9. The molecule has 7 heteroatoms. The van der Waals surface area contributed by atoms with Crippen molar-refractivity contribution in [3.63, 3.8) is 0 Å². The highest BCUT2D eigenvalue weighted by molar-refractivity contribution is 5.96. The van der Waals surface area contributed by atoms with E-state index in [2.05, 4.69) is 57.4 Å². The predicted molar refractivity (Wildman–Crippen MR) is 153 cm³/mol. The number of ether oxygens (including phenoxy) is 1. The average molecular weight is 509 g/mol. The number of H-pyrrole nitrogens is 2. The van der Waals surface area contributed by atoms with Crippen LogP contribution in [0.5, 0.6) is 5.75 Å². The largest absolute Gasteiger partial charge is 0.487 e. The van der Waals surface area contributed by atoms with Crippen molar-refractivity contribution in [2.45, 2.75) is 13.5 Å². The van der Waals surface area contributed by atoms with Crippen LogP contribution in [-0.2, 0) is 6.61 Å². The van der Waals surface area contributed by atoms with Crippen molar-refractivity contribution < 1.29 is 4.74 Å². The quantitative estimate of drug-likeness (QED) is 0.250. The van der Waals surface area contributed by atoms with E-state index in [9.17, 15) is 0 Å². The normalized spacial score (nSPS) is 11.3. The second-order valence-corrected chi connectivity index (χ2v) is 9.51. The third-order valence-electron chi connectivity index (χ3n) is 6.73. The van der Waals surface area contributed by atoms with Crippen LogP contribution < -0.4 is 4.74 Å². The summed E-state index contributed by atoms with van der Waals surface area (Å²) in [6.45, 7) is 2.57. The first-order valence-corrected chi connectivity index (χ1v) is 12.7. The fourth-order valence-electron chi connectivity index (χ4n) is 4.79. The molecule has 0 aliphatic heterocycles. The van der Waals surface area contributed by atoms with Crippen LogP contribution in [0.1, 0.15) is 11.1 Å². The van der Waals surface area contributed by atoms with Crippen LogP contribution >= 0.6 is 0 Å². The number of para-hydroxylation sites is 1. The Bertz CT molecular complexity index is 1940. The van der Waals surface area contributed by atoms with Crippen molar-refractivity contribution in [2.75, 3.05) is 0 Å². The lowest BCUT2D eigenvalue weighted by Crippen LogP contribution is -1.96. The summed E-state index contributed by atoms with van der Waals surface area (Å²) in [7, 11) is 0. The molecule has 0 bridgehead atoms. The van der Waals surface area contributed by atoms with Gasteiger partial charge >= 0.3 is 0 Å². The number of nitrogens with one attached hydrogen (secondary N) is 2. The van der Waals surface area contributed by atoms with E-state index < -0.39 is 0 Å². The van der Waals surface area contributed by atoms with Gasteiger partial charge in [0.05, 0.1) is 28.4 Å². The molecule has 0 unspecified atom stereocenters. The first-order chi connectivity index (χ1) is 19.2. The Morgan fingerprint density at radius 1 is 0.744 bits per heavy atom. The SMILES string of the molecule is Cc1cccc(-c2cccc3[nH]c(-c4n[nH]c5ccc(-c6cncc(OCc7ccccc7)c6)nc45)nc23)c1. The maximum atomic E-state index is 5.98. The third kappa shape index (κ3) is 4.40. The summed E-state index contributed by atoms with van der Waals surface area (Å²) >= 11 is 0. The molecule has 0 spiro atoms. The summed E-state index contributed by atoms with van der Waals surface area (Å²) in [4.78, 5) is 17.8. The number of nitrogens with zero attached hydrogens (tertiary/aromatic N) is 4. The van der Waals surface area contributed by atoms with E-state index in [1.807, 2.05) is 60.7 Å². The van der Waals surface area contributed by atoms with Gasteiger partial charge in [0.1, 0.15) is 17.9 Å². The second kappa shape index (κ2) is 9.54. The summed E-state index contributed by atoms with van der Waals surface area (Å²) in [5.74, 6) is 1.35. The third-order valence-corrected chi connectivity index (χ3v) is 6.73. The van der Waals surface area contributed by atoms with Gasteiger partial charge in [-0.25, -0.2) is 9.97 Å². The Morgan fingerprint density at radius 3 is 2.54 bits per heavy atom. The highest BCUT2D eigenvalue weighted by Crippen LogP contribution is 2.32. The number of benzene rings is 3. The van der Waals surface area contributed by atoms with Gasteiger partial charge in [0.25, 0.3) is 0 Å². The Morgan fingerprint density at radius 2 is 1.64 bits per heavy atom. The molecule has 0 fully saturated rings. The van der Waals surface area contributed by atoms with Crippen molar-refractivity contribution in [1.29, 1.82) is 0 Å². The lowest BCUT2D eigenvalue weighted by molar-refractivity contribution is 0.305. The number of imidazole rings is 1. The molecule has 0 amide bonds. The van der Waals surface area contributed by atoms with Gasteiger partial charge in [0.2, 0.25) is 0 Å². The zero-order valence-corrected chi connectivity index (χ0v) is 21.2. The predicted octanol–water partition coefficient (Wildman–Crippen LogP) is 7.12. The zero-order valence-electron chi connectivity index (χ0n) is 21.2. The maximum Gasteiger partial charge on any atom is 0.161 e. The summed E-state index contributed by atoms with van der Waals surface area (Å²) in [5, 5.41) is 7.67. The molecule has 188 valence electrons. The van der Waals surface area contributed by atoms with E-state index in [0.717, 1.165) is 50.0 Å². The van der Waals surface area contributed by atoms with Crippen molar-refractivity contribution in [2.24, 2.45) is 0 Å². The van der Waals surface area contributed by atoms with Crippen LogP contribution in [0, 0.1) is 6.92 Å². The molecule has 3 aromatic carbocycles. The van der Waals surface area contributed by atoms with E-state index in [4.69, 9.17) is 14.7 Å². The molecule has 2 N–H and O–H groups in total. The monoisotopic (exact) mass is 508 g/mol. The Kier molecular flexibility index (Phi) is 5.59. The minimum atomic E-state index is 0.473. The summed E-state index contributed by atoms with van der Waals surface area (Å²) in [6.07, 6.45) is 3.51. The molecular weight excluding hydrogens is 484 g/mol. The number of pyridine rings is 2. The molecule has 4 heterocycles. The molecule has 39 heavy (non-hydrogen) atoms. The summed E-state index contributed by atoms with van der Waals surface area (Å²) < 4.78 is 5.98. The van der Waals surface area contributed by atoms with E-state index in [1.54, 1.807) is 12.4 Å². The van der Waals surface area contributed by atoms with Crippen LogP contribution in [0.25, 0.3) is 56.0 Å². The van der Waals surface area contributed by atoms with Gasteiger partial charge in [0.15, 0.2) is 11.5 Å². The van der Waals surface area contributed by atoms with Crippen molar-refractivity contribution in [3.8, 4) is 39.7 Å². The van der Waals surface area contributed by atoms with Gasteiger partial charge in [-0.15, -0.1) is 0 Å². The molecule has 0 atom stereocenters. The van der Waals surface area contributed by atoms with Crippen LogP contribution in [-0.4, -0.2) is 30.1 Å². The number of aryl methyl sites for hydroxylation is 1. The minimum absolute atomic E-state index is 0.473. The van der Waals surface area contributed by atoms with E-state index in [1.165, 1.54) is 5.56 Å². The Balaban J connectivity index is 1.24. The number of hydrogen-bond acceptors (Lipinski definition) is 5.